The van der Waals surface area contributed by atoms with Gasteiger partial charge in [-0.3, -0.25) is 9.48 Å². The predicted octanol–water partition coefficient (Wildman–Crippen LogP) is 0.364. The maximum atomic E-state index is 12.7. The Balaban J connectivity index is 2.20. The highest BCUT2D eigenvalue weighted by Crippen LogP contribution is 2.17. The van der Waals surface area contributed by atoms with Gasteiger partial charge in [0, 0.05) is 32.0 Å². The van der Waals surface area contributed by atoms with E-state index >= 15 is 0 Å². The molecule has 1 aromatic rings. The van der Waals surface area contributed by atoms with Crippen LogP contribution in [0.3, 0.4) is 0 Å². The van der Waals surface area contributed by atoms with Gasteiger partial charge < -0.3 is 19.6 Å². The third kappa shape index (κ3) is 5.76. The van der Waals surface area contributed by atoms with Crippen molar-refractivity contribution < 1.29 is 14.6 Å². The molecule has 0 unspecified atom stereocenters. The molecular formula is C17H31N5O3. The maximum Gasteiger partial charge on any atom is 0.222 e. The van der Waals surface area contributed by atoms with E-state index in [2.05, 4.69) is 22.1 Å². The molecule has 8 heteroatoms. The van der Waals surface area contributed by atoms with Gasteiger partial charge in [-0.15, -0.1) is 5.10 Å². The van der Waals surface area contributed by atoms with Crippen LogP contribution in [0.2, 0.25) is 0 Å². The van der Waals surface area contributed by atoms with Crippen LogP contribution in [0.5, 0.6) is 0 Å². The number of aliphatic hydroxyl groups is 1. The van der Waals surface area contributed by atoms with Crippen molar-refractivity contribution in [1.82, 2.24) is 24.8 Å². The molecule has 0 saturated carbocycles. The van der Waals surface area contributed by atoms with Gasteiger partial charge in [0.05, 0.1) is 31.6 Å². The van der Waals surface area contributed by atoms with E-state index in [-0.39, 0.29) is 30.6 Å². The lowest BCUT2D eigenvalue weighted by molar-refractivity contribution is -0.136. The summed E-state index contributed by atoms with van der Waals surface area (Å²) in [5, 5.41) is 17.8. The number of carbonyl (C=O) groups excluding carboxylic acids is 1. The van der Waals surface area contributed by atoms with Crippen LogP contribution in [0.1, 0.15) is 32.4 Å². The van der Waals surface area contributed by atoms with E-state index in [0.29, 0.717) is 32.5 Å². The topological polar surface area (TPSA) is 83.7 Å². The molecule has 2 bridgehead atoms. The van der Waals surface area contributed by atoms with Crippen LogP contribution >= 0.6 is 0 Å². The van der Waals surface area contributed by atoms with Gasteiger partial charge in [0.2, 0.25) is 5.91 Å². The summed E-state index contributed by atoms with van der Waals surface area (Å²) in [6.45, 7) is 6.32. The van der Waals surface area contributed by atoms with E-state index in [0.717, 1.165) is 12.2 Å². The molecule has 0 spiro atoms. The van der Waals surface area contributed by atoms with Crippen molar-refractivity contribution in [1.29, 1.82) is 0 Å². The summed E-state index contributed by atoms with van der Waals surface area (Å²) in [4.78, 5) is 16.5. The van der Waals surface area contributed by atoms with Crippen molar-refractivity contribution in [3.63, 3.8) is 0 Å². The first-order chi connectivity index (χ1) is 11.9. The number of fused-ring (bicyclic) bond motifs is 2. The molecule has 1 N–H and O–H groups in total. The first-order valence-corrected chi connectivity index (χ1v) is 8.96. The number of carbonyl (C=O) groups is 1. The molecule has 2 heterocycles. The number of amides is 1. The number of aromatic nitrogens is 3. The summed E-state index contributed by atoms with van der Waals surface area (Å²) >= 11 is 0. The van der Waals surface area contributed by atoms with Gasteiger partial charge in [0.1, 0.15) is 5.69 Å². The number of rotatable bonds is 4. The Hall–Kier alpha value is -1.51. The highest BCUT2D eigenvalue weighted by atomic mass is 16.5. The van der Waals surface area contributed by atoms with E-state index in [1.807, 2.05) is 27.2 Å². The number of hydrogen-bond donors (Lipinski definition) is 1. The number of aliphatic hydroxyl groups excluding tert-OH is 1. The third-order valence-corrected chi connectivity index (χ3v) is 4.59. The molecule has 0 saturated heterocycles. The smallest absolute Gasteiger partial charge is 0.222 e. The monoisotopic (exact) mass is 353 g/mol. The highest BCUT2D eigenvalue weighted by molar-refractivity contribution is 5.76. The fraction of sp³-hybridized carbons (Fsp3) is 0.824. The Kier molecular flexibility index (Phi) is 7.34. The molecular weight excluding hydrogens is 322 g/mol. The summed E-state index contributed by atoms with van der Waals surface area (Å²) < 4.78 is 7.87. The number of hydrogen-bond acceptors (Lipinski definition) is 6. The quantitative estimate of drug-likeness (QED) is 0.842. The van der Waals surface area contributed by atoms with Crippen LogP contribution in [-0.4, -0.2) is 81.7 Å². The molecule has 0 aromatic carbocycles. The average molecular weight is 353 g/mol. The highest BCUT2D eigenvalue weighted by Gasteiger charge is 2.27. The van der Waals surface area contributed by atoms with Crippen molar-refractivity contribution in [3.05, 3.63) is 11.9 Å². The number of aryl methyl sites for hydroxylation is 1. The van der Waals surface area contributed by atoms with Crippen molar-refractivity contribution in [2.45, 2.75) is 52.0 Å². The number of likely N-dealkylation sites (N-methyl/N-ethyl adjacent to an activating group) is 1. The van der Waals surface area contributed by atoms with Crippen molar-refractivity contribution in [2.75, 3.05) is 33.8 Å². The molecule has 25 heavy (non-hydrogen) atoms. The van der Waals surface area contributed by atoms with Crippen molar-refractivity contribution >= 4 is 5.91 Å². The molecule has 0 aliphatic carbocycles. The van der Waals surface area contributed by atoms with Crippen LogP contribution in [0, 0.1) is 5.92 Å². The van der Waals surface area contributed by atoms with E-state index in [1.54, 1.807) is 9.58 Å². The molecule has 1 amide bonds. The third-order valence-electron chi connectivity index (χ3n) is 4.59. The molecule has 1 aliphatic heterocycles. The van der Waals surface area contributed by atoms with Crippen LogP contribution in [-0.2, 0) is 22.7 Å². The van der Waals surface area contributed by atoms with Gasteiger partial charge in [-0.1, -0.05) is 12.1 Å². The van der Waals surface area contributed by atoms with Gasteiger partial charge in [-0.2, -0.15) is 0 Å². The lowest BCUT2D eigenvalue weighted by Gasteiger charge is -2.34. The minimum atomic E-state index is -0.197. The minimum Gasteiger partial charge on any atom is -0.394 e. The second-order valence-corrected chi connectivity index (χ2v) is 7.24. The Bertz CT molecular complexity index is 548. The van der Waals surface area contributed by atoms with Crippen molar-refractivity contribution in [3.8, 4) is 0 Å². The predicted molar refractivity (Wildman–Crippen MR) is 93.8 cm³/mol. The van der Waals surface area contributed by atoms with Crippen molar-refractivity contribution in [2.24, 2.45) is 5.92 Å². The van der Waals surface area contributed by atoms with Gasteiger partial charge in [0.25, 0.3) is 0 Å². The van der Waals surface area contributed by atoms with Gasteiger partial charge >= 0.3 is 0 Å². The summed E-state index contributed by atoms with van der Waals surface area (Å²) in [7, 11) is 4.01. The van der Waals surface area contributed by atoms with E-state index in [1.165, 1.54) is 0 Å². The molecule has 0 radical (unpaired) electrons. The van der Waals surface area contributed by atoms with Gasteiger partial charge in [0.15, 0.2) is 0 Å². The van der Waals surface area contributed by atoms with Crippen LogP contribution in [0.4, 0.5) is 0 Å². The lowest BCUT2D eigenvalue weighted by atomic mass is 10.0. The zero-order valence-corrected chi connectivity index (χ0v) is 15.8. The SMILES string of the molecule is C[C@@H]1CN([C@H](C)CO)C(=O)CCCn2cc(nn2)CO[C@@H]1CN(C)C. The van der Waals surface area contributed by atoms with Gasteiger partial charge in [-0.25, -0.2) is 0 Å². The van der Waals surface area contributed by atoms with E-state index < -0.39 is 0 Å². The zero-order valence-electron chi connectivity index (χ0n) is 15.8. The fourth-order valence-electron chi connectivity index (χ4n) is 3.05. The largest absolute Gasteiger partial charge is 0.394 e. The van der Waals surface area contributed by atoms with E-state index in [9.17, 15) is 9.90 Å². The molecule has 2 rings (SSSR count). The standard InChI is InChI=1S/C17H31N5O3/c1-13-8-22(14(2)11-23)17(24)6-5-7-21-9-15(18-19-21)12-25-16(13)10-20(3)4/h9,13-14,16,23H,5-8,10-12H2,1-4H3/t13-,14-,16-/m1/s1. The second-order valence-electron chi connectivity index (χ2n) is 7.24. The fourth-order valence-corrected chi connectivity index (χ4v) is 3.05. The molecule has 142 valence electrons. The second kappa shape index (κ2) is 9.26. The zero-order chi connectivity index (χ0) is 18.4. The summed E-state index contributed by atoms with van der Waals surface area (Å²) in [5.74, 6) is 0.202. The molecule has 1 aromatic heterocycles. The molecule has 0 fully saturated rings. The summed E-state index contributed by atoms with van der Waals surface area (Å²) in [6, 6.07) is -0.197. The number of nitrogens with zero attached hydrogens (tertiary/aromatic N) is 5. The summed E-state index contributed by atoms with van der Waals surface area (Å²) in [6.07, 6.45) is 2.98. The van der Waals surface area contributed by atoms with Crippen LogP contribution in [0.15, 0.2) is 6.20 Å². The molecule has 3 atom stereocenters. The van der Waals surface area contributed by atoms with Crippen LogP contribution in [0.25, 0.3) is 0 Å². The van der Waals surface area contributed by atoms with E-state index in [4.69, 9.17) is 4.74 Å². The summed E-state index contributed by atoms with van der Waals surface area (Å²) in [5.41, 5.74) is 0.808. The minimum absolute atomic E-state index is 0.0380. The first kappa shape index (κ1) is 19.8. The van der Waals surface area contributed by atoms with Crippen LogP contribution < -0.4 is 0 Å². The Morgan fingerprint density at radius 3 is 2.92 bits per heavy atom. The van der Waals surface area contributed by atoms with Gasteiger partial charge in [-0.05, 0) is 27.4 Å². The maximum absolute atomic E-state index is 12.7. The molecule has 1 aliphatic rings. The normalized spacial score (nSPS) is 24.6. The molecule has 8 nitrogen and oxygen atoms in total. The Morgan fingerprint density at radius 1 is 1.48 bits per heavy atom. The Labute approximate surface area is 149 Å². The average Bonchev–Trinajstić information content (AvgIpc) is 3.02. The first-order valence-electron chi connectivity index (χ1n) is 8.96. The number of ether oxygens (including phenoxy) is 1. The Morgan fingerprint density at radius 2 is 2.24 bits per heavy atom. The lowest BCUT2D eigenvalue weighted by Crippen LogP contribution is -2.46.